The van der Waals surface area contributed by atoms with Gasteiger partial charge >= 0.3 is 6.09 Å². The van der Waals surface area contributed by atoms with Gasteiger partial charge in [-0.05, 0) is 55.6 Å². The average Bonchev–Trinajstić information content (AvgIpc) is 3.34. The lowest BCUT2D eigenvalue weighted by Crippen LogP contribution is -2.46. The maximum Gasteiger partial charge on any atom is 0.405 e. The van der Waals surface area contributed by atoms with Crippen LogP contribution >= 0.6 is 0 Å². The second kappa shape index (κ2) is 11.4. The Morgan fingerprint density at radius 2 is 1.91 bits per heavy atom. The number of benzene rings is 2. The summed E-state index contributed by atoms with van der Waals surface area (Å²) in [4.78, 5) is 18.3. The van der Waals surface area contributed by atoms with E-state index in [0.29, 0.717) is 31.2 Å². The van der Waals surface area contributed by atoms with E-state index in [2.05, 4.69) is 20.4 Å². The number of ether oxygens (including phenoxy) is 1. The summed E-state index contributed by atoms with van der Waals surface area (Å²) in [5.41, 5.74) is 1.51. The van der Waals surface area contributed by atoms with Gasteiger partial charge in [0, 0.05) is 20.1 Å². The van der Waals surface area contributed by atoms with E-state index in [1.807, 2.05) is 30.3 Å². The molecular weight excluding hydrogens is 451 g/mol. The second-order valence-corrected chi connectivity index (χ2v) is 9.08. The number of carbonyl (C=O) groups is 1. The van der Waals surface area contributed by atoms with E-state index < -0.39 is 6.09 Å². The Morgan fingerprint density at radius 3 is 2.57 bits per heavy atom. The van der Waals surface area contributed by atoms with Gasteiger partial charge in [0.1, 0.15) is 5.82 Å². The van der Waals surface area contributed by atoms with E-state index >= 15 is 0 Å². The Labute approximate surface area is 204 Å². The molecule has 3 aromatic rings. The van der Waals surface area contributed by atoms with Gasteiger partial charge in [-0.15, -0.1) is 0 Å². The van der Waals surface area contributed by atoms with Crippen molar-refractivity contribution in [2.24, 2.45) is 0 Å². The Balaban J connectivity index is 1.37. The predicted octanol–water partition coefficient (Wildman–Crippen LogP) is 4.18. The first-order valence-corrected chi connectivity index (χ1v) is 11.8. The third-order valence-corrected chi connectivity index (χ3v) is 6.66. The lowest BCUT2D eigenvalue weighted by molar-refractivity contribution is 0.0518. The van der Waals surface area contributed by atoms with Gasteiger partial charge in [-0.2, -0.15) is 4.98 Å². The van der Waals surface area contributed by atoms with E-state index in [9.17, 15) is 14.3 Å². The molecule has 0 saturated carbocycles. The first kappa shape index (κ1) is 24.8. The summed E-state index contributed by atoms with van der Waals surface area (Å²) in [7, 11) is 1.67. The standard InChI is InChI=1S/C26H31FN4O4/c1-34-18-26(24-29-23(30-35-24)17-19-7-9-21(27)10-8-19)12-15-31(16-13-26)14-11-22(28-25(32)33)20-5-3-2-4-6-20/h2-10,22,28H,11-18H2,1H3,(H,32,33). The number of amides is 1. The molecule has 9 heteroatoms. The summed E-state index contributed by atoms with van der Waals surface area (Å²) in [6, 6.07) is 15.7. The number of halogens is 1. The van der Waals surface area contributed by atoms with Crippen LogP contribution in [0.25, 0.3) is 0 Å². The minimum atomic E-state index is -1.02. The maximum atomic E-state index is 13.2. The molecule has 0 radical (unpaired) electrons. The number of methoxy groups -OCH3 is 1. The normalized spacial score (nSPS) is 16.6. The molecule has 1 atom stereocenters. The number of aromatic nitrogens is 2. The SMILES string of the molecule is COCC1(c2nc(Cc3ccc(F)cc3)no2)CCN(CCC(NC(=O)O)c2ccccc2)CC1. The Morgan fingerprint density at radius 1 is 1.20 bits per heavy atom. The highest BCUT2D eigenvalue weighted by molar-refractivity contribution is 5.65. The fourth-order valence-electron chi connectivity index (χ4n) is 4.70. The molecule has 35 heavy (non-hydrogen) atoms. The number of nitrogens with zero attached hydrogens (tertiary/aromatic N) is 3. The highest BCUT2D eigenvalue weighted by Gasteiger charge is 2.41. The Bertz CT molecular complexity index is 1080. The van der Waals surface area contributed by atoms with Crippen LogP contribution in [0, 0.1) is 5.82 Å². The summed E-state index contributed by atoms with van der Waals surface area (Å²) in [5.74, 6) is 0.864. The molecule has 1 saturated heterocycles. The molecule has 1 aliphatic rings. The predicted molar refractivity (Wildman–Crippen MR) is 128 cm³/mol. The van der Waals surface area contributed by atoms with Crippen LogP contribution in [0.5, 0.6) is 0 Å². The quantitative estimate of drug-likeness (QED) is 0.447. The topological polar surface area (TPSA) is 101 Å². The summed E-state index contributed by atoms with van der Waals surface area (Å²) >= 11 is 0. The summed E-state index contributed by atoms with van der Waals surface area (Å²) in [6.45, 7) is 2.87. The van der Waals surface area contributed by atoms with Gasteiger partial charge in [-0.3, -0.25) is 0 Å². The molecule has 2 N–H and O–H groups in total. The van der Waals surface area contributed by atoms with Crippen molar-refractivity contribution in [3.63, 3.8) is 0 Å². The fraction of sp³-hybridized carbons (Fsp3) is 0.423. The van der Waals surface area contributed by atoms with E-state index in [-0.39, 0.29) is 17.3 Å². The number of likely N-dealkylation sites (tertiary alicyclic amines) is 1. The maximum absolute atomic E-state index is 13.2. The molecule has 4 rings (SSSR count). The van der Waals surface area contributed by atoms with Crippen molar-refractivity contribution in [1.29, 1.82) is 0 Å². The number of piperidine rings is 1. The third kappa shape index (κ3) is 6.43. The van der Waals surface area contributed by atoms with Crippen molar-refractivity contribution in [2.45, 2.75) is 37.1 Å². The molecule has 8 nitrogen and oxygen atoms in total. The van der Waals surface area contributed by atoms with Crippen LogP contribution in [0.1, 0.15) is 48.1 Å². The van der Waals surface area contributed by atoms with Gasteiger partial charge in [0.05, 0.1) is 18.1 Å². The van der Waals surface area contributed by atoms with E-state index in [1.165, 1.54) is 12.1 Å². The lowest BCUT2D eigenvalue weighted by atomic mass is 9.78. The monoisotopic (exact) mass is 482 g/mol. The highest BCUT2D eigenvalue weighted by Crippen LogP contribution is 2.35. The molecule has 1 aromatic heterocycles. The van der Waals surface area contributed by atoms with Crippen LogP contribution in [0.3, 0.4) is 0 Å². The fourth-order valence-corrected chi connectivity index (χ4v) is 4.70. The van der Waals surface area contributed by atoms with Crippen molar-refractivity contribution >= 4 is 6.09 Å². The number of nitrogens with one attached hydrogen (secondary N) is 1. The number of hydrogen-bond donors (Lipinski definition) is 2. The molecule has 1 unspecified atom stereocenters. The number of hydrogen-bond acceptors (Lipinski definition) is 6. The van der Waals surface area contributed by atoms with Crippen LogP contribution in [0.15, 0.2) is 59.1 Å². The van der Waals surface area contributed by atoms with E-state index in [4.69, 9.17) is 9.26 Å². The molecule has 1 amide bonds. The molecule has 1 aliphatic heterocycles. The summed E-state index contributed by atoms with van der Waals surface area (Å²) in [6.07, 6.45) is 1.71. The molecule has 1 fully saturated rings. The van der Waals surface area contributed by atoms with Crippen molar-refractivity contribution < 1.29 is 23.6 Å². The molecule has 2 aromatic carbocycles. The van der Waals surface area contributed by atoms with Gasteiger partial charge in [-0.25, -0.2) is 9.18 Å². The van der Waals surface area contributed by atoms with Gasteiger partial charge in [0.25, 0.3) is 0 Å². The van der Waals surface area contributed by atoms with Gasteiger partial charge < -0.3 is 24.6 Å². The summed E-state index contributed by atoms with van der Waals surface area (Å²) in [5, 5.41) is 16.1. The second-order valence-electron chi connectivity index (χ2n) is 9.08. The summed E-state index contributed by atoms with van der Waals surface area (Å²) < 4.78 is 24.4. The van der Waals surface area contributed by atoms with Crippen LogP contribution in [-0.2, 0) is 16.6 Å². The zero-order valence-corrected chi connectivity index (χ0v) is 19.8. The minimum absolute atomic E-state index is 0.260. The van der Waals surface area contributed by atoms with Crippen molar-refractivity contribution in [2.75, 3.05) is 33.4 Å². The van der Waals surface area contributed by atoms with E-state index in [1.54, 1.807) is 19.2 Å². The van der Waals surface area contributed by atoms with Gasteiger partial charge in [-0.1, -0.05) is 47.6 Å². The first-order valence-electron chi connectivity index (χ1n) is 11.8. The molecule has 0 bridgehead atoms. The minimum Gasteiger partial charge on any atom is -0.465 e. The van der Waals surface area contributed by atoms with Gasteiger partial charge in [0.15, 0.2) is 5.82 Å². The number of rotatable bonds is 10. The molecule has 2 heterocycles. The van der Waals surface area contributed by atoms with Crippen LogP contribution in [0.2, 0.25) is 0 Å². The zero-order valence-electron chi connectivity index (χ0n) is 19.8. The van der Waals surface area contributed by atoms with Gasteiger partial charge in [0.2, 0.25) is 5.89 Å². The zero-order chi connectivity index (χ0) is 24.7. The van der Waals surface area contributed by atoms with Crippen molar-refractivity contribution in [3.8, 4) is 0 Å². The van der Waals surface area contributed by atoms with Crippen LogP contribution in [-0.4, -0.2) is 59.6 Å². The van der Waals surface area contributed by atoms with Crippen LogP contribution < -0.4 is 5.32 Å². The first-order chi connectivity index (χ1) is 17.0. The Hall–Kier alpha value is -3.30. The lowest BCUT2D eigenvalue weighted by Gasteiger charge is -2.39. The largest absolute Gasteiger partial charge is 0.465 e. The molecule has 0 spiro atoms. The third-order valence-electron chi connectivity index (χ3n) is 6.66. The van der Waals surface area contributed by atoms with Crippen LogP contribution in [0.4, 0.5) is 9.18 Å². The number of carboxylic acid groups (broad SMARTS) is 1. The highest BCUT2D eigenvalue weighted by atomic mass is 19.1. The smallest absolute Gasteiger partial charge is 0.405 e. The molecular formula is C26H31FN4O4. The average molecular weight is 483 g/mol. The van der Waals surface area contributed by atoms with E-state index in [0.717, 1.165) is 43.6 Å². The molecule has 186 valence electrons. The molecule has 0 aliphatic carbocycles. The Kier molecular flexibility index (Phi) is 8.09. The van der Waals surface area contributed by atoms with Crippen molar-refractivity contribution in [3.05, 3.63) is 83.3 Å². The van der Waals surface area contributed by atoms with Crippen molar-refractivity contribution in [1.82, 2.24) is 20.4 Å².